The molecule has 1 aromatic carbocycles. The SMILES string of the molecule is CCCOC(=O)CS(=O)(=O)c1cccc(C(=O)O)c1. The van der Waals surface area contributed by atoms with Gasteiger partial charge in [0.15, 0.2) is 15.6 Å². The number of esters is 1. The van der Waals surface area contributed by atoms with Crippen LogP contribution in [0.5, 0.6) is 0 Å². The Labute approximate surface area is 110 Å². The lowest BCUT2D eigenvalue weighted by Gasteiger charge is -2.05. The molecule has 0 aliphatic carbocycles. The number of aromatic carboxylic acids is 1. The van der Waals surface area contributed by atoms with Crippen LogP contribution in [-0.4, -0.2) is 37.8 Å². The molecule has 0 aliphatic heterocycles. The third-order valence-electron chi connectivity index (χ3n) is 2.22. The Balaban J connectivity index is 2.91. The molecule has 0 bridgehead atoms. The van der Waals surface area contributed by atoms with Gasteiger partial charge in [0.2, 0.25) is 0 Å². The van der Waals surface area contributed by atoms with Crippen LogP contribution >= 0.6 is 0 Å². The molecular formula is C12H14O6S. The van der Waals surface area contributed by atoms with Crippen LogP contribution in [0, 0.1) is 0 Å². The number of hydrogen-bond acceptors (Lipinski definition) is 5. The molecule has 0 atom stereocenters. The maximum Gasteiger partial charge on any atom is 0.335 e. The van der Waals surface area contributed by atoms with E-state index >= 15 is 0 Å². The third-order valence-corrected chi connectivity index (χ3v) is 3.80. The van der Waals surface area contributed by atoms with Crippen LogP contribution in [0.15, 0.2) is 29.2 Å². The van der Waals surface area contributed by atoms with Crippen molar-refractivity contribution in [3.63, 3.8) is 0 Å². The van der Waals surface area contributed by atoms with Gasteiger partial charge in [-0.25, -0.2) is 13.2 Å². The fraction of sp³-hybridized carbons (Fsp3) is 0.333. The van der Waals surface area contributed by atoms with E-state index in [9.17, 15) is 18.0 Å². The highest BCUT2D eigenvalue weighted by atomic mass is 32.2. The van der Waals surface area contributed by atoms with Crippen LogP contribution in [0.3, 0.4) is 0 Å². The van der Waals surface area contributed by atoms with Gasteiger partial charge in [-0.2, -0.15) is 0 Å². The van der Waals surface area contributed by atoms with Gasteiger partial charge in [0.05, 0.1) is 17.1 Å². The summed E-state index contributed by atoms with van der Waals surface area (Å²) in [6.07, 6.45) is 0.598. The van der Waals surface area contributed by atoms with Gasteiger partial charge in [-0.3, -0.25) is 4.79 Å². The van der Waals surface area contributed by atoms with Gasteiger partial charge in [-0.1, -0.05) is 13.0 Å². The van der Waals surface area contributed by atoms with Crippen LogP contribution in [0.4, 0.5) is 0 Å². The van der Waals surface area contributed by atoms with Crippen molar-refractivity contribution in [1.82, 2.24) is 0 Å². The Morgan fingerprint density at radius 1 is 1.32 bits per heavy atom. The number of carbonyl (C=O) groups excluding carboxylic acids is 1. The van der Waals surface area contributed by atoms with E-state index in [1.165, 1.54) is 18.2 Å². The van der Waals surface area contributed by atoms with Crippen molar-refractivity contribution in [1.29, 1.82) is 0 Å². The fourth-order valence-corrected chi connectivity index (χ4v) is 2.47. The summed E-state index contributed by atoms with van der Waals surface area (Å²) in [6.45, 7) is 1.95. The highest BCUT2D eigenvalue weighted by Gasteiger charge is 2.21. The Morgan fingerprint density at radius 2 is 2.00 bits per heavy atom. The molecule has 0 aliphatic rings. The molecule has 0 amide bonds. The predicted molar refractivity (Wildman–Crippen MR) is 66.7 cm³/mol. The molecule has 0 spiro atoms. The van der Waals surface area contributed by atoms with Crippen LogP contribution < -0.4 is 0 Å². The van der Waals surface area contributed by atoms with Crippen LogP contribution in [-0.2, 0) is 19.4 Å². The minimum atomic E-state index is -3.88. The zero-order valence-corrected chi connectivity index (χ0v) is 11.1. The number of carbonyl (C=O) groups is 2. The monoisotopic (exact) mass is 286 g/mol. The lowest BCUT2D eigenvalue weighted by molar-refractivity contribution is -0.140. The molecule has 0 unspecified atom stereocenters. The highest BCUT2D eigenvalue weighted by Crippen LogP contribution is 2.13. The summed E-state index contributed by atoms with van der Waals surface area (Å²) in [7, 11) is -3.88. The summed E-state index contributed by atoms with van der Waals surface area (Å²) >= 11 is 0. The lowest BCUT2D eigenvalue weighted by atomic mass is 10.2. The maximum absolute atomic E-state index is 11.9. The molecular weight excluding hydrogens is 272 g/mol. The first-order valence-corrected chi connectivity index (χ1v) is 7.24. The third kappa shape index (κ3) is 4.36. The fourth-order valence-electron chi connectivity index (χ4n) is 1.32. The van der Waals surface area contributed by atoms with E-state index in [1.807, 2.05) is 0 Å². The van der Waals surface area contributed by atoms with Gasteiger partial charge in [0.25, 0.3) is 0 Å². The number of carboxylic acid groups (broad SMARTS) is 1. The van der Waals surface area contributed by atoms with Gasteiger partial charge in [0.1, 0.15) is 0 Å². The molecule has 0 radical (unpaired) electrons. The first-order valence-electron chi connectivity index (χ1n) is 5.58. The minimum absolute atomic E-state index is 0.150. The molecule has 1 rings (SSSR count). The molecule has 0 saturated carbocycles. The van der Waals surface area contributed by atoms with Crippen LogP contribution in [0.1, 0.15) is 23.7 Å². The van der Waals surface area contributed by atoms with Gasteiger partial charge in [-0.15, -0.1) is 0 Å². The second kappa shape index (κ2) is 6.33. The lowest BCUT2D eigenvalue weighted by Crippen LogP contribution is -2.19. The van der Waals surface area contributed by atoms with Gasteiger partial charge in [0, 0.05) is 0 Å². The predicted octanol–water partition coefficient (Wildman–Crippen LogP) is 1.11. The summed E-state index contributed by atoms with van der Waals surface area (Å²) in [6, 6.07) is 4.85. The van der Waals surface area contributed by atoms with Crippen molar-refractivity contribution < 1.29 is 27.9 Å². The molecule has 0 saturated heterocycles. The van der Waals surface area contributed by atoms with E-state index in [4.69, 9.17) is 9.84 Å². The molecule has 0 aromatic heterocycles. The van der Waals surface area contributed by atoms with Crippen molar-refractivity contribution in [3.05, 3.63) is 29.8 Å². The first kappa shape index (κ1) is 15.2. The van der Waals surface area contributed by atoms with E-state index in [2.05, 4.69) is 0 Å². The highest BCUT2D eigenvalue weighted by molar-refractivity contribution is 7.92. The molecule has 1 aromatic rings. The second-order valence-corrected chi connectivity index (χ2v) is 5.80. The van der Waals surface area contributed by atoms with E-state index in [0.29, 0.717) is 6.42 Å². The van der Waals surface area contributed by atoms with Gasteiger partial charge >= 0.3 is 11.9 Å². The van der Waals surface area contributed by atoms with E-state index in [-0.39, 0.29) is 17.1 Å². The summed E-state index contributed by atoms with van der Waals surface area (Å²) in [5.41, 5.74) is -0.150. The molecule has 104 valence electrons. The van der Waals surface area contributed by atoms with Crippen molar-refractivity contribution in [2.24, 2.45) is 0 Å². The average Bonchev–Trinajstić information content (AvgIpc) is 2.36. The quantitative estimate of drug-likeness (QED) is 0.787. The summed E-state index contributed by atoms with van der Waals surface area (Å²) in [4.78, 5) is 21.8. The molecule has 0 fully saturated rings. The summed E-state index contributed by atoms with van der Waals surface area (Å²) < 4.78 is 28.5. The topological polar surface area (TPSA) is 97.7 Å². The number of hydrogen-bond donors (Lipinski definition) is 1. The zero-order valence-electron chi connectivity index (χ0n) is 10.3. The molecule has 0 heterocycles. The van der Waals surface area contributed by atoms with Crippen LogP contribution in [0.25, 0.3) is 0 Å². The standard InChI is InChI=1S/C12H14O6S/c1-2-6-18-11(13)8-19(16,17)10-5-3-4-9(7-10)12(14)15/h3-5,7H,2,6,8H2,1H3,(H,14,15). The number of carboxylic acids is 1. The number of benzene rings is 1. The smallest absolute Gasteiger partial charge is 0.335 e. The molecule has 7 heteroatoms. The van der Waals surface area contributed by atoms with E-state index in [0.717, 1.165) is 6.07 Å². The summed E-state index contributed by atoms with van der Waals surface area (Å²) in [5, 5.41) is 8.79. The minimum Gasteiger partial charge on any atom is -0.478 e. The maximum atomic E-state index is 11.9. The van der Waals surface area contributed by atoms with Crippen molar-refractivity contribution in [2.75, 3.05) is 12.4 Å². The first-order chi connectivity index (χ1) is 8.86. The summed E-state index contributed by atoms with van der Waals surface area (Å²) in [5.74, 6) is -2.87. The van der Waals surface area contributed by atoms with E-state index < -0.39 is 27.5 Å². The van der Waals surface area contributed by atoms with Crippen molar-refractivity contribution >= 4 is 21.8 Å². The molecule has 1 N–H and O–H groups in total. The van der Waals surface area contributed by atoms with E-state index in [1.54, 1.807) is 6.92 Å². The van der Waals surface area contributed by atoms with Crippen molar-refractivity contribution in [3.8, 4) is 0 Å². The average molecular weight is 286 g/mol. The number of sulfone groups is 1. The number of ether oxygens (including phenoxy) is 1. The zero-order chi connectivity index (χ0) is 14.5. The largest absolute Gasteiger partial charge is 0.478 e. The second-order valence-electron chi connectivity index (χ2n) is 3.81. The van der Waals surface area contributed by atoms with Crippen LogP contribution in [0.2, 0.25) is 0 Å². The Hall–Kier alpha value is -1.89. The Morgan fingerprint density at radius 3 is 2.58 bits per heavy atom. The Bertz CT molecular complexity index is 576. The molecule has 6 nitrogen and oxygen atoms in total. The number of rotatable bonds is 6. The van der Waals surface area contributed by atoms with Gasteiger partial charge in [-0.05, 0) is 24.6 Å². The normalized spacial score (nSPS) is 11.0. The Kier molecular flexibility index (Phi) is 5.05. The molecule has 19 heavy (non-hydrogen) atoms. The van der Waals surface area contributed by atoms with Crippen molar-refractivity contribution in [2.45, 2.75) is 18.2 Å². The van der Waals surface area contributed by atoms with Gasteiger partial charge < -0.3 is 9.84 Å².